The topological polar surface area (TPSA) is 139 Å². The number of benzene rings is 4. The molecule has 2 amide bonds. The number of nitrogens with one attached hydrogen (secondary N) is 2. The Morgan fingerprint density at radius 3 is 2.31 bits per heavy atom. The van der Waals surface area contributed by atoms with Crippen LogP contribution in [0.4, 0.5) is 11.4 Å². The molecule has 1 atom stereocenters. The van der Waals surface area contributed by atoms with Crippen molar-refractivity contribution in [3.05, 3.63) is 107 Å². The molecule has 1 aromatic heterocycles. The van der Waals surface area contributed by atoms with Gasteiger partial charge in [-0.05, 0) is 138 Å². The molecule has 0 saturated carbocycles. The number of carbonyl (C=O) groups excluding carboxylic acids is 2. The lowest BCUT2D eigenvalue weighted by molar-refractivity contribution is -0.116. The summed E-state index contributed by atoms with van der Waals surface area (Å²) in [6, 6.07) is 26.3. The van der Waals surface area contributed by atoms with Crippen molar-refractivity contribution in [2.24, 2.45) is 5.92 Å². The number of para-hydroxylation sites is 1. The van der Waals surface area contributed by atoms with E-state index < -0.39 is 6.10 Å². The van der Waals surface area contributed by atoms with Crippen LogP contribution in [0.5, 0.6) is 17.2 Å². The van der Waals surface area contributed by atoms with Crippen LogP contribution in [0.1, 0.15) is 77.7 Å². The molecule has 2 aliphatic rings. The minimum absolute atomic E-state index is 0.109. The van der Waals surface area contributed by atoms with Gasteiger partial charge in [-0.25, -0.2) is 0 Å². The van der Waals surface area contributed by atoms with Crippen LogP contribution in [0.3, 0.4) is 0 Å². The monoisotopic (exact) mass is 789 g/mol. The third kappa shape index (κ3) is 10.2. The number of hydrogen-bond acceptors (Lipinski definition) is 10. The van der Waals surface area contributed by atoms with Crippen molar-refractivity contribution in [3.63, 3.8) is 0 Å². The molecule has 306 valence electrons. The summed E-state index contributed by atoms with van der Waals surface area (Å²) in [7, 11) is 5.36. The van der Waals surface area contributed by atoms with Gasteiger partial charge in [0.05, 0.1) is 32.6 Å². The number of amides is 2. The van der Waals surface area contributed by atoms with Gasteiger partial charge in [-0.1, -0.05) is 29.4 Å². The Morgan fingerprint density at radius 2 is 1.60 bits per heavy atom. The molecule has 58 heavy (non-hydrogen) atoms. The fourth-order valence-corrected chi connectivity index (χ4v) is 8.09. The average molecular weight is 790 g/mol. The standard InChI is InChI=1S/C46H55N5O7/c1-50-24-20-32(21-25-50)43-38-18-17-37(30-41(38)58-49-43)57-29-5-8-42(52)47-35-13-15-36(16-14-35)48-46(54)34-11-9-31(10-12-34)19-26-51-27-22-33(23-28-51)44(53)39-6-4-7-40(55-2)45(39)56-3/h4,6-7,9-18,30,32-33,44,53H,5,8,19-29H2,1-3H3,(H,47,52)(H,48,54)/t44-/m1/s1. The number of hydrogen-bond donors (Lipinski definition) is 3. The summed E-state index contributed by atoms with van der Waals surface area (Å²) in [6.07, 6.45) is 5.08. The molecule has 2 aliphatic heterocycles. The molecular weight excluding hydrogens is 735 g/mol. The van der Waals surface area contributed by atoms with E-state index in [4.69, 9.17) is 18.7 Å². The van der Waals surface area contributed by atoms with Gasteiger partial charge < -0.3 is 44.3 Å². The number of nitrogens with zero attached hydrogens (tertiary/aromatic N) is 3. The molecule has 12 heteroatoms. The van der Waals surface area contributed by atoms with E-state index in [1.54, 1.807) is 38.5 Å². The molecule has 3 N–H and O–H groups in total. The van der Waals surface area contributed by atoms with E-state index >= 15 is 0 Å². The van der Waals surface area contributed by atoms with E-state index in [9.17, 15) is 14.7 Å². The Kier molecular flexibility index (Phi) is 13.6. The van der Waals surface area contributed by atoms with Crippen molar-refractivity contribution >= 4 is 34.2 Å². The summed E-state index contributed by atoms with van der Waals surface area (Å²) in [4.78, 5) is 30.4. The second-order valence-corrected chi connectivity index (χ2v) is 15.5. The van der Waals surface area contributed by atoms with Gasteiger partial charge in [0.1, 0.15) is 5.75 Å². The van der Waals surface area contributed by atoms with Gasteiger partial charge >= 0.3 is 0 Å². The number of aliphatic hydroxyl groups is 1. The highest BCUT2D eigenvalue weighted by Gasteiger charge is 2.29. The number of aliphatic hydroxyl groups excluding tert-OH is 1. The summed E-state index contributed by atoms with van der Waals surface area (Å²) >= 11 is 0. The highest BCUT2D eigenvalue weighted by atomic mass is 16.5. The predicted octanol–water partition coefficient (Wildman–Crippen LogP) is 7.69. The molecule has 0 spiro atoms. The van der Waals surface area contributed by atoms with Crippen LogP contribution in [0.15, 0.2) is 89.5 Å². The Labute approximate surface area is 340 Å². The molecular formula is C46H55N5O7. The first-order chi connectivity index (χ1) is 28.3. The summed E-state index contributed by atoms with van der Waals surface area (Å²) in [5.74, 6) is 2.18. The highest BCUT2D eigenvalue weighted by Crippen LogP contribution is 2.40. The van der Waals surface area contributed by atoms with Crippen molar-refractivity contribution in [2.75, 3.05) is 71.2 Å². The van der Waals surface area contributed by atoms with Gasteiger partial charge in [0.2, 0.25) is 5.91 Å². The van der Waals surface area contributed by atoms with Gasteiger partial charge in [-0.2, -0.15) is 0 Å². The average Bonchev–Trinajstić information content (AvgIpc) is 3.68. The fourth-order valence-electron chi connectivity index (χ4n) is 8.09. The lowest BCUT2D eigenvalue weighted by Gasteiger charge is -2.34. The second-order valence-electron chi connectivity index (χ2n) is 15.5. The molecule has 3 heterocycles. The van der Waals surface area contributed by atoms with Gasteiger partial charge in [0.15, 0.2) is 17.1 Å². The van der Waals surface area contributed by atoms with Crippen LogP contribution in [-0.4, -0.2) is 92.5 Å². The Bertz CT molecular complexity index is 2120. The van der Waals surface area contributed by atoms with Gasteiger partial charge in [-0.15, -0.1) is 0 Å². The smallest absolute Gasteiger partial charge is 0.255 e. The first-order valence-electron chi connectivity index (χ1n) is 20.4. The molecule has 5 aromatic rings. The predicted molar refractivity (Wildman–Crippen MR) is 225 cm³/mol. The molecule has 12 nitrogen and oxygen atoms in total. The van der Waals surface area contributed by atoms with Crippen LogP contribution in [0.2, 0.25) is 0 Å². The number of ether oxygens (including phenoxy) is 3. The normalized spacial score (nSPS) is 16.2. The second kappa shape index (κ2) is 19.3. The highest BCUT2D eigenvalue weighted by molar-refractivity contribution is 6.04. The maximum atomic E-state index is 13.0. The maximum Gasteiger partial charge on any atom is 0.255 e. The van der Waals surface area contributed by atoms with Crippen LogP contribution in [0, 0.1) is 5.92 Å². The molecule has 0 radical (unpaired) electrons. The van der Waals surface area contributed by atoms with Crippen LogP contribution < -0.4 is 24.8 Å². The molecule has 4 aromatic carbocycles. The summed E-state index contributed by atoms with van der Waals surface area (Å²) in [5.41, 5.74) is 5.57. The first kappa shape index (κ1) is 40.8. The number of likely N-dealkylation sites (tertiary alicyclic amines) is 2. The number of anilines is 2. The van der Waals surface area contributed by atoms with Crippen molar-refractivity contribution in [2.45, 2.75) is 57.0 Å². The molecule has 7 rings (SSSR count). The molecule has 2 saturated heterocycles. The Hall–Kier alpha value is -5.43. The van der Waals surface area contributed by atoms with E-state index in [1.807, 2.05) is 60.7 Å². The van der Waals surface area contributed by atoms with Crippen LogP contribution >= 0.6 is 0 Å². The van der Waals surface area contributed by atoms with Gasteiger partial charge in [0, 0.05) is 52.8 Å². The molecule has 0 unspecified atom stereocenters. The van der Waals surface area contributed by atoms with Crippen LogP contribution in [0.25, 0.3) is 11.0 Å². The zero-order chi connectivity index (χ0) is 40.4. The number of aromatic nitrogens is 1. The van der Waals surface area contributed by atoms with E-state index in [-0.39, 0.29) is 17.7 Å². The Morgan fingerprint density at radius 1 is 0.879 bits per heavy atom. The number of fused-ring (bicyclic) bond motifs is 1. The van der Waals surface area contributed by atoms with E-state index in [2.05, 4.69) is 32.6 Å². The van der Waals surface area contributed by atoms with Gasteiger partial charge in [0.25, 0.3) is 5.91 Å². The van der Waals surface area contributed by atoms with Crippen molar-refractivity contribution < 1.29 is 33.4 Å². The van der Waals surface area contributed by atoms with Crippen molar-refractivity contribution in [1.82, 2.24) is 15.0 Å². The molecule has 2 fully saturated rings. The fraction of sp³-hybridized carbons (Fsp3) is 0.413. The van der Waals surface area contributed by atoms with Crippen molar-refractivity contribution in [1.29, 1.82) is 0 Å². The Balaban J connectivity index is 0.790. The van der Waals surface area contributed by atoms with E-state index in [0.29, 0.717) is 59.6 Å². The minimum atomic E-state index is -0.607. The lowest BCUT2D eigenvalue weighted by Crippen LogP contribution is -2.36. The third-order valence-electron chi connectivity index (χ3n) is 11.6. The van der Waals surface area contributed by atoms with Gasteiger partial charge in [-0.3, -0.25) is 9.59 Å². The SMILES string of the molecule is COc1cccc([C@H](O)C2CCN(CCc3ccc(C(=O)Nc4ccc(NC(=O)CCCOc5ccc6c(C7CCN(C)CC7)noc6c5)cc4)cc3)CC2)c1OC. The van der Waals surface area contributed by atoms with Crippen LogP contribution in [-0.2, 0) is 11.2 Å². The number of rotatable bonds is 16. The molecule has 0 bridgehead atoms. The number of carbonyl (C=O) groups is 2. The largest absolute Gasteiger partial charge is 0.493 e. The zero-order valence-corrected chi connectivity index (χ0v) is 33.7. The zero-order valence-electron chi connectivity index (χ0n) is 33.7. The molecule has 0 aliphatic carbocycles. The summed E-state index contributed by atoms with van der Waals surface area (Å²) in [6.45, 7) is 5.26. The third-order valence-corrected chi connectivity index (χ3v) is 11.6. The summed E-state index contributed by atoms with van der Waals surface area (Å²) < 4.78 is 22.5. The van der Waals surface area contributed by atoms with E-state index in [1.165, 1.54) is 0 Å². The summed E-state index contributed by atoms with van der Waals surface area (Å²) in [5, 5.41) is 22.5. The number of methoxy groups -OCH3 is 2. The lowest BCUT2D eigenvalue weighted by atomic mass is 9.87. The number of piperidine rings is 2. The maximum absolute atomic E-state index is 13.0. The quantitative estimate of drug-likeness (QED) is 0.0854. The minimum Gasteiger partial charge on any atom is -0.493 e. The first-order valence-corrected chi connectivity index (χ1v) is 20.4. The van der Waals surface area contributed by atoms with E-state index in [0.717, 1.165) is 92.6 Å². The van der Waals surface area contributed by atoms with Crippen molar-refractivity contribution in [3.8, 4) is 17.2 Å².